The summed E-state index contributed by atoms with van der Waals surface area (Å²) in [5.41, 5.74) is 1.66. The number of ketones is 2. The molecule has 0 aliphatic heterocycles. The number of phenols is 2. The fourth-order valence-corrected chi connectivity index (χ4v) is 2.64. The van der Waals surface area contributed by atoms with Crippen molar-refractivity contribution in [3.8, 4) is 11.5 Å². The summed E-state index contributed by atoms with van der Waals surface area (Å²) in [4.78, 5) is 24.9. The minimum Gasteiger partial charge on any atom is -0.507 e. The van der Waals surface area contributed by atoms with E-state index in [1.165, 1.54) is 12.1 Å². The highest BCUT2D eigenvalue weighted by atomic mass is 16.3. The molecular formula is C16H12O4. The van der Waals surface area contributed by atoms with Crippen LogP contribution in [0.3, 0.4) is 0 Å². The summed E-state index contributed by atoms with van der Waals surface area (Å²) in [6, 6.07) is 6.00. The third-order valence-corrected chi connectivity index (χ3v) is 3.47. The molecule has 4 nitrogen and oxygen atoms in total. The molecule has 2 N–H and O–H groups in total. The summed E-state index contributed by atoms with van der Waals surface area (Å²) >= 11 is 0. The van der Waals surface area contributed by atoms with Crippen LogP contribution in [0.2, 0.25) is 0 Å². The minimum atomic E-state index is -0.439. The van der Waals surface area contributed by atoms with E-state index in [-0.39, 0.29) is 33.8 Å². The first kappa shape index (κ1) is 12.4. The van der Waals surface area contributed by atoms with Gasteiger partial charge < -0.3 is 10.2 Å². The predicted molar refractivity (Wildman–Crippen MR) is 72.6 cm³/mol. The molecule has 0 radical (unpaired) electrons. The number of carbonyl (C=O) groups excluding carboxylic acids is 2. The van der Waals surface area contributed by atoms with Crippen molar-refractivity contribution >= 4 is 11.6 Å². The van der Waals surface area contributed by atoms with Gasteiger partial charge in [0.15, 0.2) is 11.6 Å². The number of fused-ring (bicyclic) bond motifs is 2. The van der Waals surface area contributed by atoms with E-state index in [1.54, 1.807) is 26.0 Å². The van der Waals surface area contributed by atoms with Gasteiger partial charge in [-0.15, -0.1) is 0 Å². The quantitative estimate of drug-likeness (QED) is 0.657. The Balaban J connectivity index is 2.40. The number of hydrogen-bond acceptors (Lipinski definition) is 4. The van der Waals surface area contributed by atoms with Gasteiger partial charge in [0.25, 0.3) is 0 Å². The Labute approximate surface area is 115 Å². The molecule has 1 aliphatic rings. The predicted octanol–water partition coefficient (Wildman–Crippen LogP) is 2.49. The van der Waals surface area contributed by atoms with Crippen LogP contribution in [0, 0.1) is 13.8 Å². The molecule has 0 unspecified atom stereocenters. The zero-order chi connectivity index (χ0) is 14.6. The van der Waals surface area contributed by atoms with Gasteiger partial charge in [0.05, 0.1) is 11.1 Å². The Bertz CT molecular complexity index is 720. The fourth-order valence-electron chi connectivity index (χ4n) is 2.64. The second-order valence-corrected chi connectivity index (χ2v) is 5.07. The van der Waals surface area contributed by atoms with Gasteiger partial charge in [-0.25, -0.2) is 0 Å². The van der Waals surface area contributed by atoms with E-state index in [0.717, 1.165) is 0 Å². The van der Waals surface area contributed by atoms with Crippen LogP contribution in [0.5, 0.6) is 11.5 Å². The lowest BCUT2D eigenvalue weighted by atomic mass is 9.81. The summed E-state index contributed by atoms with van der Waals surface area (Å²) in [5.74, 6) is -1.29. The first-order valence-electron chi connectivity index (χ1n) is 6.16. The number of benzene rings is 2. The Morgan fingerprint density at radius 2 is 1.05 bits per heavy atom. The summed E-state index contributed by atoms with van der Waals surface area (Å²) in [7, 11) is 0. The largest absolute Gasteiger partial charge is 0.507 e. The van der Waals surface area contributed by atoms with Crippen molar-refractivity contribution in [1.29, 1.82) is 0 Å². The molecule has 0 heterocycles. The summed E-state index contributed by atoms with van der Waals surface area (Å²) in [6.45, 7) is 3.45. The van der Waals surface area contributed by atoms with Gasteiger partial charge >= 0.3 is 0 Å². The van der Waals surface area contributed by atoms with Crippen molar-refractivity contribution < 1.29 is 19.8 Å². The molecule has 0 fully saturated rings. The van der Waals surface area contributed by atoms with Crippen LogP contribution in [0.25, 0.3) is 0 Å². The van der Waals surface area contributed by atoms with Crippen LogP contribution in [0.1, 0.15) is 43.0 Å². The number of carbonyl (C=O) groups is 2. The molecule has 0 saturated carbocycles. The lowest BCUT2D eigenvalue weighted by Crippen LogP contribution is -2.21. The molecule has 0 amide bonds. The summed E-state index contributed by atoms with van der Waals surface area (Å²) < 4.78 is 0. The first-order valence-corrected chi connectivity index (χ1v) is 6.16. The lowest BCUT2D eigenvalue weighted by molar-refractivity contribution is 0.0974. The molecule has 0 aromatic heterocycles. The van der Waals surface area contributed by atoms with Crippen LogP contribution in [-0.2, 0) is 0 Å². The van der Waals surface area contributed by atoms with Crippen molar-refractivity contribution in [2.24, 2.45) is 0 Å². The van der Waals surface area contributed by atoms with E-state index in [1.807, 2.05) is 0 Å². The molecule has 0 atom stereocenters. The average Bonchev–Trinajstić information content (AvgIpc) is 2.34. The molecule has 4 heteroatoms. The second kappa shape index (κ2) is 3.93. The molecular weight excluding hydrogens is 256 g/mol. The highest BCUT2D eigenvalue weighted by molar-refractivity contribution is 6.30. The normalized spacial score (nSPS) is 13.1. The topological polar surface area (TPSA) is 74.6 Å². The number of hydrogen-bond donors (Lipinski definition) is 2. The Morgan fingerprint density at radius 3 is 1.40 bits per heavy atom. The third-order valence-electron chi connectivity index (χ3n) is 3.47. The first-order chi connectivity index (χ1) is 9.40. The van der Waals surface area contributed by atoms with Crippen LogP contribution in [-0.4, -0.2) is 21.8 Å². The summed E-state index contributed by atoms with van der Waals surface area (Å²) in [5, 5.41) is 19.9. The molecule has 1 aliphatic carbocycles. The highest BCUT2D eigenvalue weighted by Crippen LogP contribution is 2.37. The maximum Gasteiger partial charge on any atom is 0.198 e. The van der Waals surface area contributed by atoms with E-state index in [4.69, 9.17) is 0 Å². The standard InChI is InChI=1S/C16H12O4/c1-7-3-9-13(11(17)5-7)16(20)10-4-8(2)6-12(18)14(10)15(9)19/h3-6,17-18H,1-2H3. The van der Waals surface area contributed by atoms with Crippen molar-refractivity contribution in [3.05, 3.63) is 57.6 Å². The molecule has 2 aromatic carbocycles. The average molecular weight is 268 g/mol. The van der Waals surface area contributed by atoms with Gasteiger partial charge in [-0.3, -0.25) is 9.59 Å². The minimum absolute atomic E-state index is 0.0121. The van der Waals surface area contributed by atoms with Gasteiger partial charge in [0, 0.05) is 11.1 Å². The van der Waals surface area contributed by atoms with Gasteiger partial charge in [0.2, 0.25) is 0 Å². The van der Waals surface area contributed by atoms with Gasteiger partial charge in [-0.2, -0.15) is 0 Å². The number of aryl methyl sites for hydroxylation is 2. The highest BCUT2D eigenvalue weighted by Gasteiger charge is 2.34. The lowest BCUT2D eigenvalue weighted by Gasteiger charge is -2.20. The molecule has 0 spiro atoms. The van der Waals surface area contributed by atoms with E-state index in [2.05, 4.69) is 0 Å². The maximum atomic E-state index is 12.5. The number of phenolic OH excluding ortho intramolecular Hbond substituents is 2. The van der Waals surface area contributed by atoms with Crippen LogP contribution in [0.4, 0.5) is 0 Å². The molecule has 2 aromatic rings. The zero-order valence-electron chi connectivity index (χ0n) is 11.0. The van der Waals surface area contributed by atoms with E-state index in [9.17, 15) is 19.8 Å². The summed E-state index contributed by atoms with van der Waals surface area (Å²) in [6.07, 6.45) is 0. The molecule has 0 saturated heterocycles. The van der Waals surface area contributed by atoms with Gasteiger partial charge in [-0.05, 0) is 49.2 Å². The van der Waals surface area contributed by atoms with E-state index < -0.39 is 11.6 Å². The zero-order valence-corrected chi connectivity index (χ0v) is 11.0. The number of rotatable bonds is 0. The SMILES string of the molecule is Cc1cc(O)c2c(c1)C(=O)c1c(O)cc(C)cc1C2=O. The fraction of sp³-hybridized carbons (Fsp3) is 0.125. The second-order valence-electron chi connectivity index (χ2n) is 5.07. The Morgan fingerprint density at radius 1 is 0.700 bits per heavy atom. The monoisotopic (exact) mass is 268 g/mol. The third kappa shape index (κ3) is 1.54. The van der Waals surface area contributed by atoms with E-state index in [0.29, 0.717) is 11.1 Å². The molecule has 100 valence electrons. The van der Waals surface area contributed by atoms with Crippen LogP contribution >= 0.6 is 0 Å². The smallest absolute Gasteiger partial charge is 0.198 e. The molecule has 0 bridgehead atoms. The Hall–Kier alpha value is -2.62. The van der Waals surface area contributed by atoms with Gasteiger partial charge in [0.1, 0.15) is 11.5 Å². The molecule has 3 rings (SSSR count). The van der Waals surface area contributed by atoms with Crippen molar-refractivity contribution in [1.82, 2.24) is 0 Å². The number of aromatic hydroxyl groups is 2. The van der Waals surface area contributed by atoms with E-state index >= 15 is 0 Å². The van der Waals surface area contributed by atoms with Crippen LogP contribution < -0.4 is 0 Å². The Kier molecular flexibility index (Phi) is 2.44. The van der Waals surface area contributed by atoms with Crippen LogP contribution in [0.15, 0.2) is 24.3 Å². The maximum absolute atomic E-state index is 12.5. The van der Waals surface area contributed by atoms with Crippen molar-refractivity contribution in [2.45, 2.75) is 13.8 Å². The van der Waals surface area contributed by atoms with Crippen molar-refractivity contribution in [3.63, 3.8) is 0 Å². The molecule has 20 heavy (non-hydrogen) atoms. The van der Waals surface area contributed by atoms with Gasteiger partial charge in [-0.1, -0.05) is 0 Å². The van der Waals surface area contributed by atoms with Crippen molar-refractivity contribution in [2.75, 3.05) is 0 Å².